The number of hydrogen-bond acceptors (Lipinski definition) is 4. The molecule has 0 fully saturated rings. The van der Waals surface area contributed by atoms with E-state index in [1.165, 1.54) is 6.08 Å². The third kappa shape index (κ3) is 3.43. The lowest BCUT2D eigenvalue weighted by Gasteiger charge is -2.09. The van der Waals surface area contributed by atoms with Gasteiger partial charge in [-0.3, -0.25) is 4.79 Å². The van der Waals surface area contributed by atoms with Crippen molar-refractivity contribution in [3.8, 4) is 17.0 Å². The van der Waals surface area contributed by atoms with E-state index < -0.39 is 5.91 Å². The van der Waals surface area contributed by atoms with Crippen LogP contribution < -0.4 is 10.5 Å². The first-order valence-electron chi connectivity index (χ1n) is 7.60. The van der Waals surface area contributed by atoms with Gasteiger partial charge in [0.05, 0.1) is 6.10 Å². The molecule has 6 nitrogen and oxygen atoms in total. The average Bonchev–Trinajstić information content (AvgIpc) is 2.95. The Hall–Kier alpha value is -3.15. The third-order valence-corrected chi connectivity index (χ3v) is 3.42. The van der Waals surface area contributed by atoms with Crippen LogP contribution in [0.4, 0.5) is 0 Å². The van der Waals surface area contributed by atoms with Gasteiger partial charge in [-0.05, 0) is 32.1 Å². The van der Waals surface area contributed by atoms with E-state index in [9.17, 15) is 4.79 Å². The van der Waals surface area contributed by atoms with Gasteiger partial charge in [0.15, 0.2) is 0 Å². The number of H-pyrrole nitrogens is 1. The normalized spacial score (nSPS) is 11.5. The molecule has 0 unspecified atom stereocenters. The van der Waals surface area contributed by atoms with Gasteiger partial charge in [0, 0.05) is 52.8 Å². The monoisotopic (exact) mass is 322 g/mol. The predicted octanol–water partition coefficient (Wildman–Crippen LogP) is 2.91. The zero-order valence-electron chi connectivity index (χ0n) is 13.5. The lowest BCUT2D eigenvalue weighted by molar-refractivity contribution is -0.113. The number of aromatic nitrogens is 3. The van der Waals surface area contributed by atoms with E-state index in [-0.39, 0.29) is 6.10 Å². The molecule has 6 heteroatoms. The highest BCUT2D eigenvalue weighted by Gasteiger charge is 2.07. The topological polar surface area (TPSA) is 93.9 Å². The van der Waals surface area contributed by atoms with Crippen molar-refractivity contribution in [2.75, 3.05) is 0 Å². The zero-order chi connectivity index (χ0) is 17.1. The fourth-order valence-corrected chi connectivity index (χ4v) is 2.35. The van der Waals surface area contributed by atoms with Gasteiger partial charge in [0.1, 0.15) is 5.65 Å². The molecule has 0 atom stereocenters. The first-order chi connectivity index (χ1) is 11.5. The van der Waals surface area contributed by atoms with E-state index in [1.807, 2.05) is 32.0 Å². The number of nitrogens with two attached hydrogens (primary N) is 1. The number of ether oxygens (including phenoxy) is 1. The average molecular weight is 322 g/mol. The van der Waals surface area contributed by atoms with Gasteiger partial charge in [-0.2, -0.15) is 0 Å². The van der Waals surface area contributed by atoms with Gasteiger partial charge in [0.25, 0.3) is 0 Å². The Morgan fingerprint density at radius 3 is 2.71 bits per heavy atom. The Morgan fingerprint density at radius 2 is 2.04 bits per heavy atom. The van der Waals surface area contributed by atoms with Crippen LogP contribution >= 0.6 is 0 Å². The van der Waals surface area contributed by atoms with Crippen LogP contribution in [0.2, 0.25) is 0 Å². The van der Waals surface area contributed by atoms with Crippen molar-refractivity contribution < 1.29 is 9.53 Å². The number of fused-ring (bicyclic) bond motifs is 1. The molecule has 0 aliphatic carbocycles. The number of nitrogens with one attached hydrogen (secondary N) is 1. The summed E-state index contributed by atoms with van der Waals surface area (Å²) in [5.41, 5.74) is 8.62. The van der Waals surface area contributed by atoms with Crippen molar-refractivity contribution in [1.29, 1.82) is 0 Å². The summed E-state index contributed by atoms with van der Waals surface area (Å²) in [6, 6.07) is 5.78. The Morgan fingerprint density at radius 1 is 1.25 bits per heavy atom. The summed E-state index contributed by atoms with van der Waals surface area (Å²) in [6.45, 7) is 3.92. The van der Waals surface area contributed by atoms with Crippen LogP contribution in [0.3, 0.4) is 0 Å². The molecule has 122 valence electrons. The molecule has 3 N–H and O–H groups in total. The van der Waals surface area contributed by atoms with Crippen molar-refractivity contribution in [1.82, 2.24) is 15.0 Å². The van der Waals surface area contributed by atoms with Gasteiger partial charge in [-0.1, -0.05) is 0 Å². The number of aromatic amines is 1. The minimum atomic E-state index is -0.488. The number of carbonyl (C=O) groups is 1. The molecule has 3 rings (SSSR count). The van der Waals surface area contributed by atoms with Crippen molar-refractivity contribution in [3.63, 3.8) is 0 Å². The standard InChI is InChI=1S/C18H18N4O2/c1-11(2)24-17-6-4-12(8-20-17)14-7-15-13(3-5-16(19)23)9-21-18(15)22-10-14/h3-11H,1-2H3,(H2,19,23)(H,21,22)/b5-3+. The molecule has 0 radical (unpaired) electrons. The molecule has 0 bridgehead atoms. The fraction of sp³-hybridized carbons (Fsp3) is 0.167. The maximum atomic E-state index is 10.9. The molecular formula is C18H18N4O2. The summed E-state index contributed by atoms with van der Waals surface area (Å²) in [4.78, 5) is 22.7. The molecule has 0 saturated heterocycles. The highest BCUT2D eigenvalue weighted by molar-refractivity contribution is 5.95. The summed E-state index contributed by atoms with van der Waals surface area (Å²) in [6.07, 6.45) is 8.41. The second kappa shape index (κ2) is 6.54. The molecule has 0 aliphatic rings. The summed E-state index contributed by atoms with van der Waals surface area (Å²) in [7, 11) is 0. The Balaban J connectivity index is 1.95. The van der Waals surface area contributed by atoms with Crippen LogP contribution in [0, 0.1) is 0 Å². The van der Waals surface area contributed by atoms with Gasteiger partial charge >= 0.3 is 0 Å². The Bertz CT molecular complexity index is 895. The SMILES string of the molecule is CC(C)Oc1ccc(-c2cnc3[nH]cc(/C=C/C(N)=O)c3c2)cn1. The number of primary amides is 1. The number of nitrogens with zero attached hydrogens (tertiary/aromatic N) is 2. The van der Waals surface area contributed by atoms with E-state index in [1.54, 1.807) is 24.7 Å². The molecule has 3 aromatic heterocycles. The van der Waals surface area contributed by atoms with E-state index in [0.29, 0.717) is 5.88 Å². The number of carbonyl (C=O) groups excluding carboxylic acids is 1. The molecule has 0 spiro atoms. The highest BCUT2D eigenvalue weighted by Crippen LogP contribution is 2.26. The maximum absolute atomic E-state index is 10.9. The van der Waals surface area contributed by atoms with Crippen LogP contribution in [0.25, 0.3) is 28.2 Å². The minimum Gasteiger partial charge on any atom is -0.475 e. The Labute approximate surface area is 139 Å². The fourth-order valence-electron chi connectivity index (χ4n) is 2.35. The molecule has 1 amide bonds. The first-order valence-corrected chi connectivity index (χ1v) is 7.60. The van der Waals surface area contributed by atoms with Crippen LogP contribution in [0.15, 0.2) is 42.9 Å². The van der Waals surface area contributed by atoms with Gasteiger partial charge < -0.3 is 15.5 Å². The minimum absolute atomic E-state index is 0.0841. The van der Waals surface area contributed by atoms with E-state index in [4.69, 9.17) is 10.5 Å². The summed E-state index contributed by atoms with van der Waals surface area (Å²) >= 11 is 0. The van der Waals surface area contributed by atoms with Crippen molar-refractivity contribution in [2.45, 2.75) is 20.0 Å². The molecule has 24 heavy (non-hydrogen) atoms. The second-order valence-corrected chi connectivity index (χ2v) is 5.65. The maximum Gasteiger partial charge on any atom is 0.241 e. The van der Waals surface area contributed by atoms with E-state index in [0.717, 1.165) is 27.7 Å². The van der Waals surface area contributed by atoms with Crippen molar-refractivity contribution in [3.05, 3.63) is 48.4 Å². The number of rotatable bonds is 5. The lowest BCUT2D eigenvalue weighted by Crippen LogP contribution is -2.06. The molecule has 3 heterocycles. The van der Waals surface area contributed by atoms with Gasteiger partial charge in [-0.25, -0.2) is 9.97 Å². The quantitative estimate of drug-likeness (QED) is 0.706. The highest BCUT2D eigenvalue weighted by atomic mass is 16.5. The second-order valence-electron chi connectivity index (χ2n) is 5.65. The summed E-state index contributed by atoms with van der Waals surface area (Å²) < 4.78 is 5.55. The largest absolute Gasteiger partial charge is 0.475 e. The number of hydrogen-bond donors (Lipinski definition) is 2. The molecule has 3 aromatic rings. The van der Waals surface area contributed by atoms with E-state index >= 15 is 0 Å². The molecule has 0 aromatic carbocycles. The Kier molecular flexibility index (Phi) is 4.29. The molecule has 0 aliphatic heterocycles. The van der Waals surface area contributed by atoms with Crippen LogP contribution in [-0.2, 0) is 4.79 Å². The van der Waals surface area contributed by atoms with Gasteiger partial charge in [0.2, 0.25) is 11.8 Å². The van der Waals surface area contributed by atoms with Gasteiger partial charge in [-0.15, -0.1) is 0 Å². The predicted molar refractivity (Wildman–Crippen MR) is 93.3 cm³/mol. The molecular weight excluding hydrogens is 304 g/mol. The van der Waals surface area contributed by atoms with Crippen LogP contribution in [0.1, 0.15) is 19.4 Å². The lowest BCUT2D eigenvalue weighted by atomic mass is 10.1. The first kappa shape index (κ1) is 15.7. The zero-order valence-corrected chi connectivity index (χ0v) is 13.5. The van der Waals surface area contributed by atoms with E-state index in [2.05, 4.69) is 15.0 Å². The molecule has 0 saturated carbocycles. The number of amides is 1. The smallest absolute Gasteiger partial charge is 0.241 e. The van der Waals surface area contributed by atoms with Crippen molar-refractivity contribution in [2.24, 2.45) is 5.73 Å². The number of pyridine rings is 2. The summed E-state index contributed by atoms with van der Waals surface area (Å²) in [5, 5.41) is 0.910. The van der Waals surface area contributed by atoms with Crippen molar-refractivity contribution >= 4 is 23.0 Å². The third-order valence-electron chi connectivity index (χ3n) is 3.42. The summed E-state index contributed by atoms with van der Waals surface area (Å²) in [5.74, 6) is 0.105. The van der Waals surface area contributed by atoms with Crippen LogP contribution in [0.5, 0.6) is 5.88 Å². The van der Waals surface area contributed by atoms with Crippen LogP contribution in [-0.4, -0.2) is 27.0 Å².